The molecule has 0 spiro atoms. The topological polar surface area (TPSA) is 12.0 Å². The van der Waals surface area contributed by atoms with Gasteiger partial charge in [-0.2, -0.15) is 0 Å². The van der Waals surface area contributed by atoms with Gasteiger partial charge in [-0.1, -0.05) is 13.8 Å². The predicted octanol–water partition coefficient (Wildman–Crippen LogP) is 4.47. The molecule has 0 heterocycles. The van der Waals surface area contributed by atoms with Crippen LogP contribution in [-0.2, 0) is 0 Å². The molecule has 1 aromatic carbocycles. The summed E-state index contributed by atoms with van der Waals surface area (Å²) in [4.78, 5) is 0.774. The van der Waals surface area contributed by atoms with Crippen LogP contribution in [0.25, 0.3) is 0 Å². The lowest BCUT2D eigenvalue weighted by Crippen LogP contribution is -2.28. The number of benzene rings is 1. The van der Waals surface area contributed by atoms with Crippen molar-refractivity contribution in [3.05, 3.63) is 29.8 Å². The number of hydrogen-bond acceptors (Lipinski definition) is 2. The minimum Gasteiger partial charge on any atom is -0.313 e. The Morgan fingerprint density at radius 1 is 1.11 bits per heavy atom. The molecule has 0 aliphatic carbocycles. The summed E-state index contributed by atoms with van der Waals surface area (Å²) in [7, 11) is 0. The van der Waals surface area contributed by atoms with Crippen molar-refractivity contribution in [3.63, 3.8) is 0 Å². The number of rotatable bonds is 8. The van der Waals surface area contributed by atoms with E-state index in [1.807, 2.05) is 0 Å². The van der Waals surface area contributed by atoms with Crippen LogP contribution < -0.4 is 5.32 Å². The van der Waals surface area contributed by atoms with Gasteiger partial charge in [-0.3, -0.25) is 0 Å². The molecule has 0 saturated heterocycles. The van der Waals surface area contributed by atoms with Gasteiger partial charge in [0.15, 0.2) is 11.6 Å². The summed E-state index contributed by atoms with van der Waals surface area (Å²) in [5, 5.41) is 3.45. The van der Waals surface area contributed by atoms with E-state index in [1.54, 1.807) is 17.8 Å². The summed E-state index contributed by atoms with van der Waals surface area (Å²) in [6.45, 7) is 7.52. The first-order chi connectivity index (χ1) is 8.99. The Hall–Kier alpha value is -0.610. The highest BCUT2D eigenvalue weighted by atomic mass is 32.2. The van der Waals surface area contributed by atoms with Gasteiger partial charge in [0.05, 0.1) is 0 Å². The van der Waals surface area contributed by atoms with Gasteiger partial charge in [-0.15, -0.1) is 11.8 Å². The Bertz CT molecular complexity index is 382. The van der Waals surface area contributed by atoms with E-state index in [0.717, 1.165) is 23.1 Å². The van der Waals surface area contributed by atoms with Crippen LogP contribution in [0.1, 0.15) is 33.6 Å². The molecule has 1 N–H and O–H groups in total. The van der Waals surface area contributed by atoms with Crippen LogP contribution in [-0.4, -0.2) is 18.3 Å². The molecular formula is C15H23F2NS. The highest BCUT2D eigenvalue weighted by Gasteiger charge is 2.04. The van der Waals surface area contributed by atoms with Crippen molar-refractivity contribution in [2.45, 2.75) is 44.6 Å². The molecule has 1 unspecified atom stereocenters. The monoisotopic (exact) mass is 287 g/mol. The first-order valence-corrected chi connectivity index (χ1v) is 7.79. The highest BCUT2D eigenvalue weighted by Crippen LogP contribution is 2.19. The standard InChI is InChI=1S/C15H23F2NS/c1-11(2)4-5-12(3)18-8-9-19-13-6-7-14(16)15(17)10-13/h6-7,10-12,18H,4-5,8-9H2,1-3H3. The molecule has 0 saturated carbocycles. The third-order valence-electron chi connectivity index (χ3n) is 2.93. The van der Waals surface area contributed by atoms with E-state index >= 15 is 0 Å². The van der Waals surface area contributed by atoms with Crippen molar-refractivity contribution in [1.29, 1.82) is 0 Å². The van der Waals surface area contributed by atoms with Gasteiger partial charge >= 0.3 is 0 Å². The molecule has 1 atom stereocenters. The fourth-order valence-corrected chi connectivity index (χ4v) is 2.53. The zero-order valence-corrected chi connectivity index (χ0v) is 12.7. The number of thioether (sulfide) groups is 1. The van der Waals surface area contributed by atoms with Crippen LogP contribution >= 0.6 is 11.8 Å². The predicted molar refractivity (Wildman–Crippen MR) is 78.6 cm³/mol. The summed E-state index contributed by atoms with van der Waals surface area (Å²) in [6, 6.07) is 4.55. The lowest BCUT2D eigenvalue weighted by molar-refractivity contribution is 0.460. The fraction of sp³-hybridized carbons (Fsp3) is 0.600. The number of nitrogens with one attached hydrogen (secondary N) is 1. The van der Waals surface area contributed by atoms with Crippen LogP contribution in [0.4, 0.5) is 8.78 Å². The maximum atomic E-state index is 13.0. The quantitative estimate of drug-likeness (QED) is 0.559. The Morgan fingerprint density at radius 3 is 2.47 bits per heavy atom. The maximum Gasteiger partial charge on any atom is 0.159 e. The largest absolute Gasteiger partial charge is 0.313 e. The summed E-state index contributed by atoms with van der Waals surface area (Å²) in [5.41, 5.74) is 0. The summed E-state index contributed by atoms with van der Waals surface area (Å²) >= 11 is 1.54. The highest BCUT2D eigenvalue weighted by molar-refractivity contribution is 7.99. The number of hydrogen-bond donors (Lipinski definition) is 1. The SMILES string of the molecule is CC(C)CCC(C)NCCSc1ccc(F)c(F)c1. The van der Waals surface area contributed by atoms with E-state index in [4.69, 9.17) is 0 Å². The van der Waals surface area contributed by atoms with Crippen LogP contribution in [0.5, 0.6) is 0 Å². The van der Waals surface area contributed by atoms with Crippen molar-refractivity contribution in [1.82, 2.24) is 5.32 Å². The minimum atomic E-state index is -0.787. The van der Waals surface area contributed by atoms with Gasteiger partial charge in [0.1, 0.15) is 0 Å². The van der Waals surface area contributed by atoms with Crippen LogP contribution in [0.2, 0.25) is 0 Å². The van der Waals surface area contributed by atoms with E-state index < -0.39 is 11.6 Å². The first-order valence-electron chi connectivity index (χ1n) is 6.80. The summed E-state index contributed by atoms with van der Waals surface area (Å²) in [5.74, 6) is 0.0331. The van der Waals surface area contributed by atoms with E-state index in [1.165, 1.54) is 25.0 Å². The van der Waals surface area contributed by atoms with E-state index in [-0.39, 0.29) is 0 Å². The van der Waals surface area contributed by atoms with Gasteiger partial charge in [-0.05, 0) is 43.9 Å². The third kappa shape index (κ3) is 6.92. The molecule has 0 radical (unpaired) electrons. The molecule has 108 valence electrons. The zero-order chi connectivity index (χ0) is 14.3. The summed E-state index contributed by atoms with van der Waals surface area (Å²) < 4.78 is 25.7. The first kappa shape index (κ1) is 16.4. The minimum absolute atomic E-state index is 0.507. The maximum absolute atomic E-state index is 13.0. The van der Waals surface area contributed by atoms with Crippen molar-refractivity contribution < 1.29 is 8.78 Å². The van der Waals surface area contributed by atoms with Crippen LogP contribution in [0.15, 0.2) is 23.1 Å². The molecule has 1 nitrogen and oxygen atoms in total. The average Bonchev–Trinajstić information content (AvgIpc) is 2.36. The Balaban J connectivity index is 2.18. The molecule has 0 aromatic heterocycles. The molecule has 1 rings (SSSR count). The molecule has 4 heteroatoms. The molecule has 0 aliphatic heterocycles. The molecule has 0 aliphatic rings. The van der Waals surface area contributed by atoms with Gasteiger partial charge in [-0.25, -0.2) is 8.78 Å². The fourth-order valence-electron chi connectivity index (χ4n) is 1.73. The zero-order valence-electron chi connectivity index (χ0n) is 11.9. The Labute approximate surface area is 119 Å². The van der Waals surface area contributed by atoms with Crippen LogP contribution in [0, 0.1) is 17.6 Å². The molecule has 1 aromatic rings. The van der Waals surface area contributed by atoms with E-state index in [0.29, 0.717) is 6.04 Å². The molecule has 19 heavy (non-hydrogen) atoms. The normalized spacial score (nSPS) is 12.9. The Kier molecular flexibility index (Phi) is 7.39. The van der Waals surface area contributed by atoms with Gasteiger partial charge in [0.2, 0.25) is 0 Å². The van der Waals surface area contributed by atoms with Gasteiger partial charge in [0, 0.05) is 23.2 Å². The third-order valence-corrected chi connectivity index (χ3v) is 3.93. The molecule has 0 bridgehead atoms. The number of halogens is 2. The van der Waals surface area contributed by atoms with E-state index in [2.05, 4.69) is 26.1 Å². The second kappa shape index (κ2) is 8.54. The van der Waals surface area contributed by atoms with Crippen molar-refractivity contribution in [2.24, 2.45) is 5.92 Å². The van der Waals surface area contributed by atoms with Gasteiger partial charge < -0.3 is 5.32 Å². The lowest BCUT2D eigenvalue weighted by Gasteiger charge is -2.14. The molecule has 0 fully saturated rings. The average molecular weight is 287 g/mol. The molecule has 0 amide bonds. The lowest BCUT2D eigenvalue weighted by atomic mass is 10.0. The second-order valence-electron chi connectivity index (χ2n) is 5.25. The van der Waals surface area contributed by atoms with Gasteiger partial charge in [0.25, 0.3) is 0 Å². The smallest absolute Gasteiger partial charge is 0.159 e. The van der Waals surface area contributed by atoms with Crippen molar-refractivity contribution in [2.75, 3.05) is 12.3 Å². The Morgan fingerprint density at radius 2 is 1.84 bits per heavy atom. The molecular weight excluding hydrogens is 264 g/mol. The summed E-state index contributed by atoms with van der Waals surface area (Å²) in [6.07, 6.45) is 2.40. The van der Waals surface area contributed by atoms with Crippen molar-refractivity contribution >= 4 is 11.8 Å². The van der Waals surface area contributed by atoms with Crippen molar-refractivity contribution in [3.8, 4) is 0 Å². The van der Waals surface area contributed by atoms with E-state index in [9.17, 15) is 8.78 Å². The second-order valence-corrected chi connectivity index (χ2v) is 6.42. The van der Waals surface area contributed by atoms with Crippen LogP contribution in [0.3, 0.4) is 0 Å².